The van der Waals surface area contributed by atoms with E-state index in [1.165, 1.54) is 24.3 Å². The highest BCUT2D eigenvalue weighted by Crippen LogP contribution is 2.37. The third-order valence-corrected chi connectivity index (χ3v) is 7.90. The number of aryl methyl sites for hydroxylation is 2. The number of fused-ring (bicyclic) bond motifs is 2. The largest absolute Gasteiger partial charge is 0.241 e. The first kappa shape index (κ1) is 29.9. The zero-order valence-corrected chi connectivity index (χ0v) is 25.6. The number of halogens is 2. The van der Waals surface area contributed by atoms with Gasteiger partial charge in [0.25, 0.3) is 0 Å². The van der Waals surface area contributed by atoms with Crippen LogP contribution in [0.4, 0.5) is 8.78 Å². The minimum atomic E-state index is -0.444. The first-order valence-corrected chi connectivity index (χ1v) is 14.8. The highest BCUT2D eigenvalue weighted by molar-refractivity contribution is 6.29. The predicted octanol–water partition coefficient (Wildman–Crippen LogP) is 7.78. The van der Waals surface area contributed by atoms with Gasteiger partial charge in [-0.3, -0.25) is 0 Å². The summed E-state index contributed by atoms with van der Waals surface area (Å²) < 4.78 is 28.0. The van der Waals surface area contributed by atoms with Crippen molar-refractivity contribution in [1.82, 2.24) is 19.9 Å². The van der Waals surface area contributed by atoms with Gasteiger partial charge in [-0.1, -0.05) is 59.7 Å². The maximum absolute atomic E-state index is 14.0. The van der Waals surface area contributed by atoms with Crippen LogP contribution in [0.5, 0.6) is 0 Å². The van der Waals surface area contributed by atoms with E-state index in [-0.39, 0.29) is 34.2 Å². The fourth-order valence-corrected chi connectivity index (χ4v) is 5.51. The van der Waals surface area contributed by atoms with Crippen LogP contribution in [0.15, 0.2) is 107 Å². The quantitative estimate of drug-likeness (QED) is 0.183. The molecule has 6 aromatic rings. The van der Waals surface area contributed by atoms with Gasteiger partial charge in [0, 0.05) is 22.3 Å². The van der Waals surface area contributed by atoms with Gasteiger partial charge in [0.1, 0.15) is 45.8 Å². The molecule has 0 unspecified atom stereocenters. The highest BCUT2D eigenvalue weighted by atomic mass is 19.1. The molecule has 0 aliphatic heterocycles. The number of aromatic nitrogens is 4. The molecule has 0 fully saturated rings. The first-order chi connectivity index (χ1) is 23.3. The van der Waals surface area contributed by atoms with Crippen molar-refractivity contribution in [2.75, 3.05) is 0 Å². The summed E-state index contributed by atoms with van der Waals surface area (Å²) in [5.41, 5.74) is 7.18. The Morgan fingerprint density at radius 1 is 0.417 bits per heavy atom. The Hall–Kier alpha value is -6.78. The fraction of sp³-hybridized carbons (Fsp3) is 0.0526. The normalized spacial score (nSPS) is 13.5. The van der Waals surface area contributed by atoms with E-state index in [0.717, 1.165) is 22.3 Å². The van der Waals surface area contributed by atoms with Crippen molar-refractivity contribution in [2.24, 2.45) is 9.98 Å². The van der Waals surface area contributed by atoms with Gasteiger partial charge in [-0.15, -0.1) is 0 Å². The van der Waals surface area contributed by atoms with E-state index in [4.69, 9.17) is 19.9 Å². The van der Waals surface area contributed by atoms with E-state index in [2.05, 4.69) is 9.98 Å². The zero-order chi connectivity index (χ0) is 33.4. The van der Waals surface area contributed by atoms with E-state index in [0.29, 0.717) is 33.9 Å². The lowest BCUT2D eigenvalue weighted by Gasteiger charge is -2.23. The number of nitriles is 2. The van der Waals surface area contributed by atoms with E-state index in [1.807, 2.05) is 74.8 Å². The molecule has 2 aromatic heterocycles. The van der Waals surface area contributed by atoms with Crippen LogP contribution in [0, 0.1) is 48.4 Å². The van der Waals surface area contributed by atoms with Crippen LogP contribution in [0.25, 0.3) is 45.0 Å². The standard InChI is InChI=1S/C38H22F2N8/c1-21-3-7-23(8-4-21)29-30(24-9-5-22(2)6-10-24)46-36-34(44-20-42)38-37(33(43-19-41)35(36)45-29)47-31(25-11-15-27(39)16-12-25)32(48-38)26-13-17-28(40)18-14-26/h3-18H,1-2H3/b43-33-,44-34+. The van der Waals surface area contributed by atoms with Crippen molar-refractivity contribution >= 4 is 11.4 Å². The molecular weight excluding hydrogens is 606 g/mol. The van der Waals surface area contributed by atoms with Gasteiger partial charge in [0.15, 0.2) is 0 Å². The Labute approximate surface area is 274 Å². The summed E-state index contributed by atoms with van der Waals surface area (Å²) >= 11 is 0. The van der Waals surface area contributed by atoms with Crippen molar-refractivity contribution < 1.29 is 8.78 Å². The molecule has 8 nitrogen and oxygen atoms in total. The van der Waals surface area contributed by atoms with Crippen molar-refractivity contribution in [3.63, 3.8) is 0 Å². The second kappa shape index (κ2) is 12.2. The van der Waals surface area contributed by atoms with Crippen LogP contribution in [0.3, 0.4) is 0 Å². The number of hydrogen-bond donors (Lipinski definition) is 0. The molecule has 228 valence electrons. The lowest BCUT2D eigenvalue weighted by atomic mass is 9.92. The lowest BCUT2D eigenvalue weighted by molar-refractivity contribution is 0.627. The molecule has 4 aromatic carbocycles. The van der Waals surface area contributed by atoms with Crippen LogP contribution in [0.1, 0.15) is 33.9 Å². The number of rotatable bonds is 4. The summed E-state index contributed by atoms with van der Waals surface area (Å²) in [6, 6.07) is 27.0. The van der Waals surface area contributed by atoms with Gasteiger partial charge in [0.05, 0.1) is 22.8 Å². The Balaban J connectivity index is 1.56. The number of aliphatic imine (C=N–C) groups is 2. The Kier molecular flexibility index (Phi) is 7.60. The summed E-state index contributed by atoms with van der Waals surface area (Å²) in [5.74, 6) is -0.888. The van der Waals surface area contributed by atoms with Crippen molar-refractivity contribution in [1.29, 1.82) is 10.5 Å². The van der Waals surface area contributed by atoms with Gasteiger partial charge in [-0.05, 0) is 62.4 Å². The van der Waals surface area contributed by atoms with E-state index in [9.17, 15) is 19.3 Å². The molecule has 0 saturated heterocycles. The molecule has 7 rings (SSSR count). The van der Waals surface area contributed by atoms with Crippen LogP contribution < -0.4 is 0 Å². The van der Waals surface area contributed by atoms with Gasteiger partial charge in [-0.25, -0.2) is 28.7 Å². The van der Waals surface area contributed by atoms with Crippen molar-refractivity contribution in [3.8, 4) is 57.4 Å². The third-order valence-electron chi connectivity index (χ3n) is 7.90. The Morgan fingerprint density at radius 3 is 0.917 bits per heavy atom. The SMILES string of the molecule is Cc1ccc(-c2nc3c(nc2-c2ccc(C)cc2)/C(=N\C#N)c2nc(-c4ccc(F)cc4)c(-c4ccc(F)cc4)nc2/C3=N\C#N)cc1. The summed E-state index contributed by atoms with van der Waals surface area (Å²) in [5, 5.41) is 19.8. The molecule has 0 bridgehead atoms. The smallest absolute Gasteiger partial charge is 0.206 e. The molecule has 0 radical (unpaired) electrons. The lowest BCUT2D eigenvalue weighted by Crippen LogP contribution is -2.29. The third kappa shape index (κ3) is 5.38. The van der Waals surface area contributed by atoms with Crippen LogP contribution >= 0.6 is 0 Å². The maximum atomic E-state index is 14.0. The molecule has 2 heterocycles. The first-order valence-electron chi connectivity index (χ1n) is 14.8. The molecule has 0 amide bonds. The van der Waals surface area contributed by atoms with E-state index >= 15 is 0 Å². The van der Waals surface area contributed by atoms with Gasteiger partial charge in [-0.2, -0.15) is 20.5 Å². The van der Waals surface area contributed by atoms with Gasteiger partial charge in [0.2, 0.25) is 12.4 Å². The molecule has 10 heteroatoms. The summed E-state index contributed by atoms with van der Waals surface area (Å²) in [4.78, 5) is 28.3. The van der Waals surface area contributed by atoms with E-state index < -0.39 is 11.6 Å². The van der Waals surface area contributed by atoms with Gasteiger partial charge < -0.3 is 0 Å². The average molecular weight is 629 g/mol. The number of benzene rings is 4. The van der Waals surface area contributed by atoms with Crippen molar-refractivity contribution in [2.45, 2.75) is 13.8 Å². The average Bonchev–Trinajstić information content (AvgIpc) is 3.10. The summed E-state index contributed by atoms with van der Waals surface area (Å²) in [6.45, 7) is 3.97. The summed E-state index contributed by atoms with van der Waals surface area (Å²) in [6.07, 6.45) is 3.72. The molecular formula is C38H22F2N8. The maximum Gasteiger partial charge on any atom is 0.206 e. The molecule has 1 aliphatic rings. The molecule has 0 spiro atoms. The second-order valence-electron chi connectivity index (χ2n) is 11.1. The molecule has 1 aliphatic carbocycles. The number of hydrogen-bond acceptors (Lipinski definition) is 8. The van der Waals surface area contributed by atoms with E-state index in [1.54, 1.807) is 24.3 Å². The monoisotopic (exact) mass is 628 g/mol. The minimum absolute atomic E-state index is 0.0808. The van der Waals surface area contributed by atoms with Crippen LogP contribution in [0.2, 0.25) is 0 Å². The van der Waals surface area contributed by atoms with Gasteiger partial charge >= 0.3 is 0 Å². The number of nitrogens with zero attached hydrogens (tertiary/aromatic N) is 8. The fourth-order valence-electron chi connectivity index (χ4n) is 5.51. The predicted molar refractivity (Wildman–Crippen MR) is 178 cm³/mol. The molecule has 48 heavy (non-hydrogen) atoms. The molecule has 0 saturated carbocycles. The topological polar surface area (TPSA) is 124 Å². The van der Waals surface area contributed by atoms with Crippen LogP contribution in [-0.2, 0) is 0 Å². The minimum Gasteiger partial charge on any atom is -0.241 e. The highest BCUT2D eigenvalue weighted by Gasteiger charge is 2.36. The van der Waals surface area contributed by atoms with Crippen molar-refractivity contribution in [3.05, 3.63) is 143 Å². The van der Waals surface area contributed by atoms with Crippen LogP contribution in [-0.4, -0.2) is 31.4 Å². The Bertz CT molecular complexity index is 2050. The molecule has 0 N–H and O–H groups in total. The Morgan fingerprint density at radius 2 is 0.667 bits per heavy atom. The summed E-state index contributed by atoms with van der Waals surface area (Å²) in [7, 11) is 0. The molecule has 0 atom stereocenters. The zero-order valence-electron chi connectivity index (χ0n) is 25.6. The second-order valence-corrected chi connectivity index (χ2v) is 11.1.